The molecule has 0 aliphatic heterocycles. The second-order valence-electron chi connectivity index (χ2n) is 6.27. The molecule has 1 aromatic carbocycles. The summed E-state index contributed by atoms with van der Waals surface area (Å²) in [7, 11) is -7.68. The molecule has 0 aliphatic carbocycles. The van der Waals surface area contributed by atoms with Crippen molar-refractivity contribution >= 4 is 42.2 Å². The fourth-order valence-corrected chi connectivity index (χ4v) is 5.19. The van der Waals surface area contributed by atoms with Gasteiger partial charge in [0.1, 0.15) is 4.90 Å². The van der Waals surface area contributed by atoms with E-state index < -0.39 is 25.8 Å². The van der Waals surface area contributed by atoms with E-state index in [1.807, 2.05) is 0 Å². The number of fused-ring (bicyclic) bond motifs is 2. The highest BCUT2D eigenvalue weighted by Gasteiger charge is 2.19. The zero-order valence-corrected chi connectivity index (χ0v) is 16.7. The summed E-state index contributed by atoms with van der Waals surface area (Å²) in [6, 6.07) is 13.2. The van der Waals surface area contributed by atoms with Crippen LogP contribution in [0.25, 0.3) is 16.4 Å². The third-order valence-corrected chi connectivity index (χ3v) is 7.00. The van der Waals surface area contributed by atoms with E-state index in [4.69, 9.17) is 0 Å². The van der Waals surface area contributed by atoms with E-state index in [0.29, 0.717) is 16.6 Å². The first-order chi connectivity index (χ1) is 13.8. The first kappa shape index (κ1) is 19.3. The molecule has 0 spiro atoms. The average molecular weight is 431 g/mol. The van der Waals surface area contributed by atoms with Crippen LogP contribution in [0.2, 0.25) is 0 Å². The van der Waals surface area contributed by atoms with E-state index in [-0.39, 0.29) is 11.4 Å². The first-order valence-corrected chi connectivity index (χ1v) is 11.7. The second kappa shape index (κ2) is 7.43. The third kappa shape index (κ3) is 4.21. The normalized spacial score (nSPS) is 12.4. The van der Waals surface area contributed by atoms with Crippen LogP contribution in [0.15, 0.2) is 72.0 Å². The molecule has 3 heterocycles. The summed E-state index contributed by atoms with van der Waals surface area (Å²) in [6.07, 6.45) is 4.74. The molecule has 4 aromatic rings. The number of hydrogen-bond donors (Lipinski definition) is 2. The minimum atomic E-state index is -3.92. The van der Waals surface area contributed by atoms with Crippen molar-refractivity contribution in [3.05, 3.63) is 67.1 Å². The lowest BCUT2D eigenvalue weighted by atomic mass is 10.2. The van der Waals surface area contributed by atoms with Crippen molar-refractivity contribution in [1.29, 1.82) is 0 Å². The topological polar surface area (TPSA) is 123 Å². The van der Waals surface area contributed by atoms with Crippen LogP contribution in [0.1, 0.15) is 0 Å². The molecule has 29 heavy (non-hydrogen) atoms. The maximum absolute atomic E-state index is 12.6. The Morgan fingerprint density at radius 3 is 2.66 bits per heavy atom. The predicted molar refractivity (Wildman–Crippen MR) is 110 cm³/mol. The van der Waals surface area contributed by atoms with Crippen molar-refractivity contribution in [3.63, 3.8) is 0 Å². The van der Waals surface area contributed by atoms with Gasteiger partial charge in [-0.3, -0.25) is 9.71 Å². The monoisotopic (exact) mass is 431 g/mol. The molecule has 0 amide bonds. The number of rotatable bonds is 7. The molecule has 150 valence electrons. The Bertz CT molecular complexity index is 1390. The Morgan fingerprint density at radius 2 is 1.79 bits per heavy atom. The van der Waals surface area contributed by atoms with E-state index in [9.17, 15) is 16.8 Å². The van der Waals surface area contributed by atoms with Crippen molar-refractivity contribution in [1.82, 2.24) is 19.3 Å². The number of para-hydroxylation sites is 1. The van der Waals surface area contributed by atoms with Gasteiger partial charge in [-0.05, 0) is 30.3 Å². The molecule has 0 saturated carbocycles. The number of sulfonamides is 2. The highest BCUT2D eigenvalue weighted by molar-refractivity contribution is 7.92. The van der Waals surface area contributed by atoms with Crippen LogP contribution in [-0.2, 0) is 20.0 Å². The molecule has 11 heteroatoms. The zero-order valence-electron chi connectivity index (χ0n) is 15.1. The van der Waals surface area contributed by atoms with Crippen LogP contribution < -0.4 is 9.44 Å². The van der Waals surface area contributed by atoms with E-state index in [2.05, 4.69) is 19.5 Å². The average Bonchev–Trinajstić information content (AvgIpc) is 3.14. The quantitative estimate of drug-likeness (QED) is 0.458. The van der Waals surface area contributed by atoms with E-state index >= 15 is 0 Å². The van der Waals surface area contributed by atoms with Gasteiger partial charge in [-0.15, -0.1) is 0 Å². The van der Waals surface area contributed by atoms with Crippen molar-refractivity contribution in [2.75, 3.05) is 17.0 Å². The van der Waals surface area contributed by atoms with Gasteiger partial charge in [-0.25, -0.2) is 26.1 Å². The number of hydrogen-bond acceptors (Lipinski definition) is 6. The largest absolute Gasteiger partial charge is 0.283 e. The number of pyridine rings is 2. The highest BCUT2D eigenvalue weighted by atomic mass is 32.2. The fourth-order valence-electron chi connectivity index (χ4n) is 2.90. The van der Waals surface area contributed by atoms with Crippen molar-refractivity contribution in [3.8, 4) is 0 Å². The van der Waals surface area contributed by atoms with Crippen LogP contribution in [0.5, 0.6) is 0 Å². The second-order valence-corrected chi connectivity index (χ2v) is 9.84. The molecule has 0 aliphatic rings. The molecule has 0 unspecified atom stereocenters. The van der Waals surface area contributed by atoms with Crippen LogP contribution in [-0.4, -0.2) is 43.7 Å². The molecule has 0 fully saturated rings. The summed E-state index contributed by atoms with van der Waals surface area (Å²) >= 11 is 0. The lowest BCUT2D eigenvalue weighted by Gasteiger charge is -2.11. The molecular weight excluding hydrogens is 414 g/mol. The van der Waals surface area contributed by atoms with Gasteiger partial charge in [-0.1, -0.05) is 18.2 Å². The fraction of sp³-hybridized carbons (Fsp3) is 0.111. The Hall–Kier alpha value is -3.02. The lowest BCUT2D eigenvalue weighted by Crippen LogP contribution is -2.31. The van der Waals surface area contributed by atoms with Crippen LogP contribution in [0.4, 0.5) is 5.69 Å². The van der Waals surface area contributed by atoms with Crippen LogP contribution in [0, 0.1) is 0 Å². The van der Waals surface area contributed by atoms with Crippen molar-refractivity contribution in [2.24, 2.45) is 0 Å². The Kier molecular flexibility index (Phi) is 4.94. The standard InChI is InChI=1S/C18H17N5O4S2/c24-28(25,22-15-7-11-23-16(13-15)6-9-20-23)12-10-21-29(26,27)17-5-1-3-14-4-2-8-19-18(14)17/h1-9,11,13,21-22H,10,12H2. The Morgan fingerprint density at radius 1 is 0.966 bits per heavy atom. The molecule has 4 rings (SSSR count). The SMILES string of the molecule is O=S(=O)(CCNS(=O)(=O)c1cccc2cccnc12)Nc1ccn2nccc2c1. The summed E-state index contributed by atoms with van der Waals surface area (Å²) < 4.78 is 56.3. The number of nitrogens with one attached hydrogen (secondary N) is 2. The van der Waals surface area contributed by atoms with E-state index in [1.54, 1.807) is 59.4 Å². The number of aromatic nitrogens is 3. The Labute approximate surface area is 167 Å². The smallest absolute Gasteiger partial charge is 0.242 e. The maximum atomic E-state index is 12.6. The molecule has 2 N–H and O–H groups in total. The van der Waals surface area contributed by atoms with Gasteiger partial charge in [0.25, 0.3) is 0 Å². The van der Waals surface area contributed by atoms with Gasteiger partial charge in [0, 0.05) is 30.5 Å². The number of benzene rings is 1. The number of anilines is 1. The summed E-state index contributed by atoms with van der Waals surface area (Å²) in [5.41, 5.74) is 1.44. The van der Waals surface area contributed by atoms with Gasteiger partial charge in [0.05, 0.1) is 22.5 Å². The van der Waals surface area contributed by atoms with Crippen molar-refractivity contribution in [2.45, 2.75) is 4.90 Å². The van der Waals surface area contributed by atoms with E-state index in [0.717, 1.165) is 5.52 Å². The van der Waals surface area contributed by atoms with Gasteiger partial charge in [-0.2, -0.15) is 5.10 Å². The lowest BCUT2D eigenvalue weighted by molar-refractivity contribution is 0.582. The molecule has 0 radical (unpaired) electrons. The van der Waals surface area contributed by atoms with Crippen LogP contribution in [0.3, 0.4) is 0 Å². The Balaban J connectivity index is 1.45. The summed E-state index contributed by atoms with van der Waals surface area (Å²) in [6.45, 7) is -0.282. The molecule has 0 saturated heterocycles. The summed E-state index contributed by atoms with van der Waals surface area (Å²) in [5, 5.41) is 4.72. The van der Waals surface area contributed by atoms with Gasteiger partial charge in [0.15, 0.2) is 0 Å². The highest BCUT2D eigenvalue weighted by Crippen LogP contribution is 2.20. The first-order valence-electron chi connectivity index (χ1n) is 8.61. The molecule has 0 atom stereocenters. The maximum Gasteiger partial charge on any atom is 0.242 e. The summed E-state index contributed by atoms with van der Waals surface area (Å²) in [4.78, 5) is 4.13. The molecule has 9 nitrogen and oxygen atoms in total. The van der Waals surface area contributed by atoms with Crippen LogP contribution >= 0.6 is 0 Å². The molecular formula is C18H17N5O4S2. The zero-order chi connectivity index (χ0) is 20.5. The summed E-state index contributed by atoms with van der Waals surface area (Å²) in [5.74, 6) is -0.422. The van der Waals surface area contributed by atoms with Crippen molar-refractivity contribution < 1.29 is 16.8 Å². The molecule has 3 aromatic heterocycles. The third-order valence-electron chi connectivity index (χ3n) is 4.22. The van der Waals surface area contributed by atoms with Gasteiger partial charge >= 0.3 is 0 Å². The van der Waals surface area contributed by atoms with Gasteiger partial charge < -0.3 is 0 Å². The minimum absolute atomic E-state index is 0.00661. The minimum Gasteiger partial charge on any atom is -0.283 e. The number of nitrogens with zero attached hydrogens (tertiary/aromatic N) is 3. The van der Waals surface area contributed by atoms with E-state index in [1.165, 1.54) is 12.3 Å². The molecule has 0 bridgehead atoms. The predicted octanol–water partition coefficient (Wildman–Crippen LogP) is 1.60. The van der Waals surface area contributed by atoms with Gasteiger partial charge in [0.2, 0.25) is 20.0 Å².